The molecular weight excluding hydrogens is 196 g/mol. The van der Waals surface area contributed by atoms with Crippen LogP contribution in [0.15, 0.2) is 15.3 Å². The molecule has 0 aromatic carbocycles. The molecule has 1 aromatic rings. The molecule has 0 unspecified atom stereocenters. The van der Waals surface area contributed by atoms with E-state index in [1.165, 1.54) is 0 Å². The lowest BCUT2D eigenvalue weighted by atomic mass is 10.1. The molecule has 0 spiro atoms. The van der Waals surface area contributed by atoms with E-state index in [0.717, 1.165) is 25.3 Å². The van der Waals surface area contributed by atoms with Crippen molar-refractivity contribution in [3.63, 3.8) is 0 Å². The fraction of sp³-hybridized carbons (Fsp3) is 0.545. The van der Waals surface area contributed by atoms with Gasteiger partial charge in [0, 0.05) is 12.5 Å². The summed E-state index contributed by atoms with van der Waals surface area (Å²) >= 11 is 0. The number of unbranched alkanes of at least 4 members (excludes halogenated alkanes) is 2. The third-order valence-electron chi connectivity index (χ3n) is 2.21. The fourth-order valence-corrected chi connectivity index (χ4v) is 1.37. The van der Waals surface area contributed by atoms with Crippen molar-refractivity contribution in [1.29, 1.82) is 0 Å². The standard InChI is InChI=1S/C11H16O4/c1-2-3-4-5-10-11(14)9(13)6-8(7-12)15-10/h6,12,14H,2-5,7H2,1H3. The van der Waals surface area contributed by atoms with Gasteiger partial charge in [0.05, 0.1) is 0 Å². The highest BCUT2D eigenvalue weighted by Crippen LogP contribution is 2.16. The number of aryl methyl sites for hydroxylation is 1. The zero-order chi connectivity index (χ0) is 11.3. The van der Waals surface area contributed by atoms with Gasteiger partial charge < -0.3 is 14.6 Å². The van der Waals surface area contributed by atoms with Crippen molar-refractivity contribution in [3.8, 4) is 5.75 Å². The molecule has 15 heavy (non-hydrogen) atoms. The van der Waals surface area contributed by atoms with E-state index in [0.29, 0.717) is 6.42 Å². The molecule has 1 aromatic heterocycles. The Morgan fingerprint density at radius 1 is 1.40 bits per heavy atom. The van der Waals surface area contributed by atoms with Crippen LogP contribution in [0.1, 0.15) is 37.7 Å². The van der Waals surface area contributed by atoms with Gasteiger partial charge in [-0.2, -0.15) is 0 Å². The van der Waals surface area contributed by atoms with E-state index in [2.05, 4.69) is 6.92 Å². The fourth-order valence-electron chi connectivity index (χ4n) is 1.37. The quantitative estimate of drug-likeness (QED) is 0.727. The first-order valence-electron chi connectivity index (χ1n) is 5.14. The van der Waals surface area contributed by atoms with Gasteiger partial charge in [-0.05, 0) is 6.42 Å². The predicted octanol–water partition coefficient (Wildman–Crippen LogP) is 1.57. The van der Waals surface area contributed by atoms with E-state index in [-0.39, 0.29) is 23.9 Å². The molecule has 0 aliphatic rings. The Hall–Kier alpha value is -1.29. The van der Waals surface area contributed by atoms with Gasteiger partial charge in [-0.3, -0.25) is 4.79 Å². The van der Waals surface area contributed by atoms with Crippen molar-refractivity contribution < 1.29 is 14.6 Å². The maximum Gasteiger partial charge on any atom is 0.227 e. The van der Waals surface area contributed by atoms with Gasteiger partial charge in [0.1, 0.15) is 18.1 Å². The first-order valence-corrected chi connectivity index (χ1v) is 5.14. The Balaban J connectivity index is 2.85. The zero-order valence-electron chi connectivity index (χ0n) is 8.82. The third kappa shape index (κ3) is 3.09. The molecule has 0 atom stereocenters. The monoisotopic (exact) mass is 212 g/mol. The van der Waals surface area contributed by atoms with E-state index in [4.69, 9.17) is 9.52 Å². The molecule has 1 heterocycles. The molecule has 0 saturated heterocycles. The lowest BCUT2D eigenvalue weighted by Gasteiger charge is -2.04. The van der Waals surface area contributed by atoms with E-state index in [9.17, 15) is 9.90 Å². The largest absolute Gasteiger partial charge is 0.502 e. The summed E-state index contributed by atoms with van der Waals surface area (Å²) < 4.78 is 5.18. The number of rotatable bonds is 5. The molecule has 2 N–H and O–H groups in total. The number of aromatic hydroxyl groups is 1. The first kappa shape index (κ1) is 11.8. The van der Waals surface area contributed by atoms with Crippen LogP contribution in [0, 0.1) is 0 Å². The minimum atomic E-state index is -0.489. The molecule has 0 bridgehead atoms. The van der Waals surface area contributed by atoms with E-state index in [1.54, 1.807) is 0 Å². The van der Waals surface area contributed by atoms with Crippen molar-refractivity contribution in [3.05, 3.63) is 27.8 Å². The predicted molar refractivity (Wildman–Crippen MR) is 55.8 cm³/mol. The van der Waals surface area contributed by atoms with Crippen molar-refractivity contribution in [1.82, 2.24) is 0 Å². The van der Waals surface area contributed by atoms with E-state index >= 15 is 0 Å². The molecule has 0 fully saturated rings. The molecule has 0 amide bonds. The maximum absolute atomic E-state index is 11.2. The molecule has 84 valence electrons. The summed E-state index contributed by atoms with van der Waals surface area (Å²) in [5.41, 5.74) is -0.489. The van der Waals surface area contributed by atoms with Gasteiger partial charge in [0.25, 0.3) is 0 Å². The minimum Gasteiger partial charge on any atom is -0.502 e. The van der Waals surface area contributed by atoms with E-state index in [1.807, 2.05) is 0 Å². The number of aliphatic hydroxyl groups excluding tert-OH is 1. The SMILES string of the molecule is CCCCCc1oc(CO)cc(=O)c1O. The van der Waals surface area contributed by atoms with Gasteiger partial charge in [-0.15, -0.1) is 0 Å². The second kappa shape index (κ2) is 5.56. The van der Waals surface area contributed by atoms with Crippen LogP contribution < -0.4 is 5.43 Å². The summed E-state index contributed by atoms with van der Waals surface area (Å²) in [6.07, 6.45) is 3.47. The summed E-state index contributed by atoms with van der Waals surface area (Å²) in [7, 11) is 0. The average Bonchev–Trinajstić information content (AvgIpc) is 2.24. The highest BCUT2D eigenvalue weighted by molar-refractivity contribution is 5.24. The Morgan fingerprint density at radius 2 is 2.13 bits per heavy atom. The topological polar surface area (TPSA) is 70.7 Å². The van der Waals surface area contributed by atoms with Crippen LogP contribution in [0.3, 0.4) is 0 Å². The van der Waals surface area contributed by atoms with Gasteiger partial charge in [-0.1, -0.05) is 19.8 Å². The van der Waals surface area contributed by atoms with Crippen LogP contribution in [0.5, 0.6) is 5.75 Å². The van der Waals surface area contributed by atoms with Gasteiger partial charge >= 0.3 is 0 Å². The lowest BCUT2D eigenvalue weighted by molar-refractivity contribution is 0.235. The van der Waals surface area contributed by atoms with Crippen molar-refractivity contribution in [2.45, 2.75) is 39.2 Å². The summed E-state index contributed by atoms with van der Waals surface area (Å²) in [6.45, 7) is 1.75. The summed E-state index contributed by atoms with van der Waals surface area (Å²) in [4.78, 5) is 11.2. The van der Waals surface area contributed by atoms with Crippen LogP contribution in [0.25, 0.3) is 0 Å². The van der Waals surface area contributed by atoms with Gasteiger partial charge in [-0.25, -0.2) is 0 Å². The Kier molecular flexibility index (Phi) is 4.37. The highest BCUT2D eigenvalue weighted by Gasteiger charge is 2.10. The van der Waals surface area contributed by atoms with Crippen LogP contribution in [0.2, 0.25) is 0 Å². The van der Waals surface area contributed by atoms with Crippen LogP contribution in [-0.2, 0) is 13.0 Å². The molecule has 4 heteroatoms. The van der Waals surface area contributed by atoms with Crippen molar-refractivity contribution >= 4 is 0 Å². The second-order valence-electron chi connectivity index (χ2n) is 3.46. The normalized spacial score (nSPS) is 10.5. The second-order valence-corrected chi connectivity index (χ2v) is 3.46. The summed E-state index contributed by atoms with van der Waals surface area (Å²) in [5, 5.41) is 18.3. The minimum absolute atomic E-state index is 0.198. The molecule has 0 aliphatic carbocycles. The van der Waals surface area contributed by atoms with Crippen molar-refractivity contribution in [2.75, 3.05) is 0 Å². The van der Waals surface area contributed by atoms with Crippen LogP contribution in [-0.4, -0.2) is 10.2 Å². The maximum atomic E-state index is 11.2. The lowest BCUT2D eigenvalue weighted by Crippen LogP contribution is -2.05. The Bertz CT molecular complexity index is 367. The first-order chi connectivity index (χ1) is 7.19. The smallest absolute Gasteiger partial charge is 0.227 e. The third-order valence-corrected chi connectivity index (χ3v) is 2.21. The average molecular weight is 212 g/mol. The van der Waals surface area contributed by atoms with Gasteiger partial charge in [0.2, 0.25) is 11.2 Å². The number of hydrogen-bond donors (Lipinski definition) is 2. The van der Waals surface area contributed by atoms with Crippen LogP contribution in [0.4, 0.5) is 0 Å². The Morgan fingerprint density at radius 3 is 2.73 bits per heavy atom. The summed E-state index contributed by atoms with van der Waals surface area (Å²) in [6, 6.07) is 1.11. The van der Waals surface area contributed by atoms with Crippen LogP contribution >= 0.6 is 0 Å². The Labute approximate surface area is 88.2 Å². The highest BCUT2D eigenvalue weighted by atomic mass is 16.4. The molecule has 0 radical (unpaired) electrons. The van der Waals surface area contributed by atoms with E-state index < -0.39 is 5.43 Å². The molecule has 1 rings (SSSR count). The zero-order valence-corrected chi connectivity index (χ0v) is 8.82. The molecule has 4 nitrogen and oxygen atoms in total. The summed E-state index contributed by atoms with van der Waals surface area (Å²) in [5.74, 6) is 0.146. The molecule has 0 aliphatic heterocycles. The van der Waals surface area contributed by atoms with Crippen molar-refractivity contribution in [2.24, 2.45) is 0 Å². The molecular formula is C11H16O4. The number of hydrogen-bond acceptors (Lipinski definition) is 4. The molecule has 0 saturated carbocycles. The van der Waals surface area contributed by atoms with Gasteiger partial charge in [0.15, 0.2) is 0 Å². The number of aliphatic hydroxyl groups is 1.